The lowest BCUT2D eigenvalue weighted by molar-refractivity contribution is -0.387. The molecule has 8 nitrogen and oxygen atoms in total. The third kappa shape index (κ3) is 4.79. The third-order valence-electron chi connectivity index (χ3n) is 3.26. The van der Waals surface area contributed by atoms with Crippen LogP contribution >= 0.6 is 23.1 Å². The van der Waals surface area contributed by atoms with Crippen molar-refractivity contribution >= 4 is 40.7 Å². The number of carbonyl (C=O) groups excluding carboxylic acids is 2. The highest BCUT2D eigenvalue weighted by Crippen LogP contribution is 2.36. The predicted molar refractivity (Wildman–Crippen MR) is 97.6 cm³/mol. The van der Waals surface area contributed by atoms with Crippen LogP contribution in [0.3, 0.4) is 0 Å². The molecule has 0 N–H and O–H groups in total. The predicted octanol–water partition coefficient (Wildman–Crippen LogP) is 3.14. The van der Waals surface area contributed by atoms with Crippen LogP contribution in [0.2, 0.25) is 0 Å². The molecule has 0 aliphatic rings. The fraction of sp³-hybridized carbons (Fsp3) is 0.312. The van der Waals surface area contributed by atoms with E-state index in [0.29, 0.717) is 9.24 Å². The maximum atomic E-state index is 12.2. The SMILES string of the molecule is Cc1csc(Sc2ccc(C(=O)O[C@@H](C)C(=O)N(C)C)cc2[N+](=O)[O-])n1. The zero-order valence-corrected chi connectivity index (χ0v) is 16.2. The third-order valence-corrected chi connectivity index (χ3v) is 5.38. The standard InChI is InChI=1S/C16H17N3O5S2/c1-9-8-25-16(17-9)26-13-6-5-11(7-12(13)19(22)23)15(21)24-10(2)14(20)18(3)4/h5-8,10H,1-4H3/t10-/m0/s1. The molecule has 0 saturated heterocycles. The van der Waals surface area contributed by atoms with Gasteiger partial charge in [-0.25, -0.2) is 9.78 Å². The van der Waals surface area contributed by atoms with Crippen molar-refractivity contribution in [1.29, 1.82) is 0 Å². The maximum Gasteiger partial charge on any atom is 0.339 e. The maximum absolute atomic E-state index is 12.2. The van der Waals surface area contributed by atoms with Gasteiger partial charge >= 0.3 is 5.97 Å². The number of likely N-dealkylation sites (N-methyl/N-ethyl adjacent to an activating group) is 1. The van der Waals surface area contributed by atoms with Crippen LogP contribution in [0.15, 0.2) is 32.8 Å². The van der Waals surface area contributed by atoms with E-state index in [1.165, 1.54) is 35.3 Å². The van der Waals surface area contributed by atoms with E-state index in [0.717, 1.165) is 23.5 Å². The molecule has 2 rings (SSSR count). The number of aromatic nitrogens is 1. The van der Waals surface area contributed by atoms with Gasteiger partial charge in [0.2, 0.25) is 0 Å². The zero-order valence-electron chi connectivity index (χ0n) is 14.6. The summed E-state index contributed by atoms with van der Waals surface area (Å²) >= 11 is 2.54. The number of aryl methyl sites for hydroxylation is 1. The number of hydrogen-bond donors (Lipinski definition) is 0. The van der Waals surface area contributed by atoms with E-state index >= 15 is 0 Å². The Labute approximate surface area is 158 Å². The van der Waals surface area contributed by atoms with E-state index in [-0.39, 0.29) is 17.2 Å². The van der Waals surface area contributed by atoms with Crippen LogP contribution in [0.5, 0.6) is 0 Å². The summed E-state index contributed by atoms with van der Waals surface area (Å²) in [6.45, 7) is 3.29. The average molecular weight is 395 g/mol. The van der Waals surface area contributed by atoms with Crippen LogP contribution in [-0.2, 0) is 9.53 Å². The molecule has 1 aromatic heterocycles. The lowest BCUT2D eigenvalue weighted by atomic mass is 10.2. The van der Waals surface area contributed by atoms with Crippen LogP contribution in [-0.4, -0.2) is 46.9 Å². The smallest absolute Gasteiger partial charge is 0.339 e. The van der Waals surface area contributed by atoms with Gasteiger partial charge in [-0.05, 0) is 26.0 Å². The minimum atomic E-state index is -0.982. The molecule has 1 aromatic carbocycles. The molecule has 138 valence electrons. The van der Waals surface area contributed by atoms with Crippen molar-refractivity contribution < 1.29 is 19.2 Å². The molecule has 0 bridgehead atoms. The number of nitro groups is 1. The number of benzene rings is 1. The van der Waals surface area contributed by atoms with Crippen molar-refractivity contribution in [2.75, 3.05) is 14.1 Å². The summed E-state index contributed by atoms with van der Waals surface area (Å²) in [7, 11) is 3.09. The number of carbonyl (C=O) groups is 2. The molecule has 1 heterocycles. The first-order valence-corrected chi connectivity index (χ1v) is 9.19. The largest absolute Gasteiger partial charge is 0.449 e. The summed E-state index contributed by atoms with van der Waals surface area (Å²) in [6, 6.07) is 4.07. The van der Waals surface area contributed by atoms with Gasteiger partial charge in [-0.2, -0.15) is 0 Å². The Bertz CT molecular complexity index is 850. The minimum absolute atomic E-state index is 0.00905. The highest BCUT2D eigenvalue weighted by Gasteiger charge is 2.23. The Balaban J connectivity index is 2.23. The molecule has 10 heteroatoms. The summed E-state index contributed by atoms with van der Waals surface area (Å²) in [6.07, 6.45) is -0.982. The monoisotopic (exact) mass is 395 g/mol. The van der Waals surface area contributed by atoms with Gasteiger partial charge in [-0.15, -0.1) is 11.3 Å². The molecule has 0 unspecified atom stereocenters. The highest BCUT2D eigenvalue weighted by atomic mass is 32.2. The molecule has 1 atom stereocenters. The zero-order chi connectivity index (χ0) is 19.4. The van der Waals surface area contributed by atoms with Gasteiger partial charge in [0, 0.05) is 31.2 Å². The van der Waals surface area contributed by atoms with Gasteiger partial charge in [0.05, 0.1) is 15.4 Å². The van der Waals surface area contributed by atoms with E-state index in [9.17, 15) is 19.7 Å². The first-order valence-electron chi connectivity index (χ1n) is 7.49. The van der Waals surface area contributed by atoms with E-state index in [1.807, 2.05) is 12.3 Å². The Kier molecular flexibility index (Phi) is 6.32. The van der Waals surface area contributed by atoms with E-state index < -0.39 is 17.0 Å². The number of rotatable bonds is 6. The molecular formula is C16H17N3O5S2. The van der Waals surface area contributed by atoms with Crippen molar-refractivity contribution in [1.82, 2.24) is 9.88 Å². The number of nitrogens with zero attached hydrogens (tertiary/aromatic N) is 3. The van der Waals surface area contributed by atoms with Crippen molar-refractivity contribution in [3.8, 4) is 0 Å². The molecule has 0 radical (unpaired) electrons. The summed E-state index contributed by atoms with van der Waals surface area (Å²) in [5.74, 6) is -1.17. The fourth-order valence-corrected chi connectivity index (χ4v) is 3.87. The van der Waals surface area contributed by atoms with Gasteiger partial charge in [0.25, 0.3) is 11.6 Å². The van der Waals surface area contributed by atoms with Crippen molar-refractivity contribution in [2.24, 2.45) is 0 Å². The molecule has 26 heavy (non-hydrogen) atoms. The van der Waals surface area contributed by atoms with Gasteiger partial charge in [0.1, 0.15) is 0 Å². The number of ether oxygens (including phenoxy) is 1. The topological polar surface area (TPSA) is 103 Å². The lowest BCUT2D eigenvalue weighted by Crippen LogP contribution is -2.34. The van der Waals surface area contributed by atoms with E-state index in [2.05, 4.69) is 4.98 Å². The summed E-state index contributed by atoms with van der Waals surface area (Å²) < 4.78 is 5.76. The Morgan fingerprint density at radius 3 is 2.62 bits per heavy atom. The fourth-order valence-electron chi connectivity index (χ4n) is 1.99. The summed E-state index contributed by atoms with van der Waals surface area (Å²) in [4.78, 5) is 40.7. The first kappa shape index (κ1) is 19.9. The number of esters is 1. The van der Waals surface area contributed by atoms with E-state index in [4.69, 9.17) is 4.74 Å². The van der Waals surface area contributed by atoms with Crippen molar-refractivity contribution in [3.63, 3.8) is 0 Å². The first-order chi connectivity index (χ1) is 12.2. The van der Waals surface area contributed by atoms with E-state index in [1.54, 1.807) is 14.1 Å². The van der Waals surface area contributed by atoms with Crippen molar-refractivity contribution in [2.45, 2.75) is 29.2 Å². The van der Waals surface area contributed by atoms with Crippen molar-refractivity contribution in [3.05, 3.63) is 45.0 Å². The molecule has 0 fully saturated rings. The molecule has 1 amide bonds. The second-order valence-corrected chi connectivity index (χ2v) is 7.72. The van der Waals surface area contributed by atoms with Gasteiger partial charge in [-0.3, -0.25) is 14.9 Å². The molecule has 0 spiro atoms. The quantitative estimate of drug-likeness (QED) is 0.420. The molecule has 0 aliphatic heterocycles. The number of nitro benzene ring substituents is 1. The Morgan fingerprint density at radius 2 is 2.08 bits per heavy atom. The van der Waals surface area contributed by atoms with Crippen LogP contribution in [0.25, 0.3) is 0 Å². The number of amides is 1. The van der Waals surface area contributed by atoms with Crippen LogP contribution in [0.4, 0.5) is 5.69 Å². The van der Waals surface area contributed by atoms with Crippen LogP contribution in [0.1, 0.15) is 23.0 Å². The lowest BCUT2D eigenvalue weighted by Gasteiger charge is -2.17. The minimum Gasteiger partial charge on any atom is -0.449 e. The second kappa shape index (κ2) is 8.28. The second-order valence-electron chi connectivity index (χ2n) is 5.58. The highest BCUT2D eigenvalue weighted by molar-refractivity contribution is 8.01. The Morgan fingerprint density at radius 1 is 1.38 bits per heavy atom. The summed E-state index contributed by atoms with van der Waals surface area (Å²) in [5, 5.41) is 13.2. The van der Waals surface area contributed by atoms with Gasteiger partial charge in [0.15, 0.2) is 10.4 Å². The molecule has 2 aromatic rings. The Hall–Kier alpha value is -2.46. The molecule has 0 aliphatic carbocycles. The molecule has 0 saturated carbocycles. The number of thiazole rings is 1. The van der Waals surface area contributed by atoms with Gasteiger partial charge in [-0.1, -0.05) is 11.8 Å². The average Bonchev–Trinajstić information content (AvgIpc) is 2.98. The van der Waals surface area contributed by atoms with Crippen LogP contribution in [0, 0.1) is 17.0 Å². The summed E-state index contributed by atoms with van der Waals surface area (Å²) in [5.41, 5.74) is 0.624. The van der Waals surface area contributed by atoms with Gasteiger partial charge < -0.3 is 9.64 Å². The normalized spacial score (nSPS) is 11.7. The number of hydrogen-bond acceptors (Lipinski definition) is 8. The van der Waals surface area contributed by atoms with Crippen LogP contribution < -0.4 is 0 Å². The molecular weight excluding hydrogens is 378 g/mol.